The molecule has 100 valence electrons. The number of hydrogen-bond acceptors (Lipinski definition) is 5. The van der Waals surface area contributed by atoms with Crippen molar-refractivity contribution in [1.29, 1.82) is 0 Å². The molecule has 1 N–H and O–H groups in total. The fourth-order valence-corrected chi connectivity index (χ4v) is 3.89. The molecule has 0 radical (unpaired) electrons. The van der Waals surface area contributed by atoms with Crippen molar-refractivity contribution in [2.75, 3.05) is 31.1 Å². The summed E-state index contributed by atoms with van der Waals surface area (Å²) in [7, 11) is 0. The first-order valence-corrected chi connectivity index (χ1v) is 7.73. The molecule has 1 aliphatic carbocycles. The van der Waals surface area contributed by atoms with Gasteiger partial charge in [-0.1, -0.05) is 24.2 Å². The number of anilines is 1. The molecule has 1 aliphatic heterocycles. The van der Waals surface area contributed by atoms with Crippen LogP contribution in [0.1, 0.15) is 30.6 Å². The van der Waals surface area contributed by atoms with Gasteiger partial charge in [0.2, 0.25) is 0 Å². The van der Waals surface area contributed by atoms with Crippen molar-refractivity contribution in [3.63, 3.8) is 0 Å². The van der Waals surface area contributed by atoms with Gasteiger partial charge in [0.25, 0.3) is 0 Å². The lowest BCUT2D eigenvalue weighted by molar-refractivity contribution is 0.187. The predicted octanol–water partition coefficient (Wildman–Crippen LogP) is 1.70. The largest absolute Gasteiger partial charge is 0.391 e. The second kappa shape index (κ2) is 5.55. The van der Waals surface area contributed by atoms with E-state index in [1.165, 1.54) is 38.8 Å². The number of thiazole rings is 1. The third-order valence-corrected chi connectivity index (χ3v) is 5.17. The minimum absolute atomic E-state index is 0.111. The van der Waals surface area contributed by atoms with E-state index in [0.717, 1.165) is 29.1 Å². The maximum absolute atomic E-state index is 9.08. The Morgan fingerprint density at radius 2 is 1.94 bits per heavy atom. The molecule has 4 nitrogen and oxygen atoms in total. The van der Waals surface area contributed by atoms with E-state index in [-0.39, 0.29) is 6.61 Å². The van der Waals surface area contributed by atoms with Crippen molar-refractivity contribution in [2.24, 2.45) is 0 Å². The summed E-state index contributed by atoms with van der Waals surface area (Å²) < 4.78 is 0. The van der Waals surface area contributed by atoms with Gasteiger partial charge in [0.1, 0.15) is 0 Å². The summed E-state index contributed by atoms with van der Waals surface area (Å²) in [5.41, 5.74) is 0. The van der Waals surface area contributed by atoms with Gasteiger partial charge in [0.05, 0.1) is 11.5 Å². The van der Waals surface area contributed by atoms with Gasteiger partial charge in [-0.25, -0.2) is 4.98 Å². The summed E-state index contributed by atoms with van der Waals surface area (Å²) in [6.45, 7) is 4.60. The summed E-state index contributed by atoms with van der Waals surface area (Å²) in [5, 5.41) is 10.2. The zero-order valence-corrected chi connectivity index (χ0v) is 11.5. The Morgan fingerprint density at radius 1 is 1.22 bits per heavy atom. The molecule has 0 unspecified atom stereocenters. The molecule has 2 heterocycles. The molecular weight excluding hydrogens is 246 g/mol. The standard InChI is InChI=1S/C13H21N3OS/c17-10-12-9-14-13(18-12)16-7-5-15(6-8-16)11-3-1-2-4-11/h9,11,17H,1-8,10H2. The van der Waals surface area contributed by atoms with Gasteiger partial charge >= 0.3 is 0 Å². The number of hydrogen-bond donors (Lipinski definition) is 1. The predicted molar refractivity (Wildman–Crippen MR) is 74.1 cm³/mol. The molecule has 0 spiro atoms. The first-order chi connectivity index (χ1) is 8.86. The van der Waals surface area contributed by atoms with E-state index in [1.807, 2.05) is 0 Å². The van der Waals surface area contributed by atoms with Gasteiger partial charge in [-0.05, 0) is 12.8 Å². The fraction of sp³-hybridized carbons (Fsp3) is 0.769. The first kappa shape index (κ1) is 12.4. The lowest BCUT2D eigenvalue weighted by Crippen LogP contribution is -2.49. The van der Waals surface area contributed by atoms with Crippen LogP contribution in [-0.4, -0.2) is 47.2 Å². The van der Waals surface area contributed by atoms with Crippen LogP contribution < -0.4 is 4.90 Å². The molecule has 1 aromatic rings. The highest BCUT2D eigenvalue weighted by Crippen LogP contribution is 2.27. The molecule has 0 aromatic carbocycles. The molecule has 2 fully saturated rings. The smallest absolute Gasteiger partial charge is 0.185 e. The molecule has 0 bridgehead atoms. The van der Waals surface area contributed by atoms with Gasteiger partial charge in [0, 0.05) is 38.4 Å². The minimum Gasteiger partial charge on any atom is -0.391 e. The zero-order valence-electron chi connectivity index (χ0n) is 10.7. The summed E-state index contributed by atoms with van der Waals surface area (Å²) in [5.74, 6) is 0. The Morgan fingerprint density at radius 3 is 2.56 bits per heavy atom. The van der Waals surface area contributed by atoms with Crippen LogP contribution in [0.5, 0.6) is 0 Å². The molecule has 0 amide bonds. The SMILES string of the molecule is OCc1cnc(N2CCN(C3CCCC3)CC2)s1. The quantitative estimate of drug-likeness (QED) is 0.905. The number of aliphatic hydroxyl groups excluding tert-OH is 1. The van der Waals surface area contributed by atoms with E-state index < -0.39 is 0 Å². The van der Waals surface area contributed by atoms with Gasteiger partial charge in [-0.2, -0.15) is 0 Å². The highest BCUT2D eigenvalue weighted by Gasteiger charge is 2.26. The fourth-order valence-electron chi connectivity index (χ4n) is 3.06. The molecule has 0 atom stereocenters. The van der Waals surface area contributed by atoms with E-state index in [0.29, 0.717) is 0 Å². The van der Waals surface area contributed by atoms with Gasteiger partial charge in [-0.15, -0.1) is 0 Å². The van der Waals surface area contributed by atoms with E-state index >= 15 is 0 Å². The Hall–Kier alpha value is -0.650. The summed E-state index contributed by atoms with van der Waals surface area (Å²) in [4.78, 5) is 10.4. The van der Waals surface area contributed by atoms with E-state index in [1.54, 1.807) is 17.5 Å². The lowest BCUT2D eigenvalue weighted by Gasteiger charge is -2.37. The molecule has 2 aliphatic rings. The van der Waals surface area contributed by atoms with Crippen molar-refractivity contribution in [1.82, 2.24) is 9.88 Å². The topological polar surface area (TPSA) is 39.6 Å². The average molecular weight is 267 g/mol. The molecule has 1 aromatic heterocycles. The summed E-state index contributed by atoms with van der Waals surface area (Å²) in [6, 6.07) is 0.844. The highest BCUT2D eigenvalue weighted by molar-refractivity contribution is 7.15. The van der Waals surface area contributed by atoms with E-state index in [2.05, 4.69) is 14.8 Å². The molecule has 18 heavy (non-hydrogen) atoms. The van der Waals surface area contributed by atoms with Crippen molar-refractivity contribution in [2.45, 2.75) is 38.3 Å². The van der Waals surface area contributed by atoms with Gasteiger partial charge in [-0.3, -0.25) is 4.90 Å². The average Bonchev–Trinajstić information content (AvgIpc) is 3.10. The van der Waals surface area contributed by atoms with E-state index in [9.17, 15) is 0 Å². The minimum atomic E-state index is 0.111. The van der Waals surface area contributed by atoms with Crippen molar-refractivity contribution >= 4 is 16.5 Å². The van der Waals surface area contributed by atoms with Crippen LogP contribution in [0, 0.1) is 0 Å². The zero-order chi connectivity index (χ0) is 12.4. The summed E-state index contributed by atoms with van der Waals surface area (Å²) >= 11 is 1.62. The van der Waals surface area contributed by atoms with Gasteiger partial charge in [0.15, 0.2) is 5.13 Å². The lowest BCUT2D eigenvalue weighted by atomic mass is 10.2. The second-order valence-corrected chi connectivity index (χ2v) is 6.32. The Kier molecular flexibility index (Phi) is 3.82. The maximum Gasteiger partial charge on any atom is 0.185 e. The third kappa shape index (κ3) is 2.53. The Balaban J connectivity index is 1.55. The van der Waals surface area contributed by atoms with Crippen LogP contribution in [0.4, 0.5) is 5.13 Å². The number of aliphatic hydroxyl groups is 1. The summed E-state index contributed by atoms with van der Waals surface area (Å²) in [6.07, 6.45) is 7.41. The molecule has 3 rings (SSSR count). The monoisotopic (exact) mass is 267 g/mol. The molecule has 1 saturated carbocycles. The third-order valence-electron chi connectivity index (χ3n) is 4.12. The molecular formula is C13H21N3OS. The van der Waals surface area contributed by atoms with Crippen LogP contribution in [0.2, 0.25) is 0 Å². The molecule has 5 heteroatoms. The number of rotatable bonds is 3. The van der Waals surface area contributed by atoms with Crippen molar-refractivity contribution in [3.05, 3.63) is 11.1 Å². The number of nitrogens with zero attached hydrogens (tertiary/aromatic N) is 3. The normalized spacial score (nSPS) is 22.8. The van der Waals surface area contributed by atoms with Gasteiger partial charge < -0.3 is 10.0 Å². The Labute approximate surface area is 112 Å². The van der Waals surface area contributed by atoms with Crippen LogP contribution >= 0.6 is 11.3 Å². The van der Waals surface area contributed by atoms with Crippen LogP contribution in [0.25, 0.3) is 0 Å². The molecule has 1 saturated heterocycles. The van der Waals surface area contributed by atoms with Crippen molar-refractivity contribution in [3.8, 4) is 0 Å². The van der Waals surface area contributed by atoms with E-state index in [4.69, 9.17) is 5.11 Å². The number of aromatic nitrogens is 1. The highest BCUT2D eigenvalue weighted by atomic mass is 32.1. The van der Waals surface area contributed by atoms with Crippen molar-refractivity contribution < 1.29 is 5.11 Å². The second-order valence-electron chi connectivity index (χ2n) is 5.23. The maximum atomic E-state index is 9.08. The first-order valence-electron chi connectivity index (χ1n) is 6.91. The van der Waals surface area contributed by atoms with Crippen LogP contribution in [0.15, 0.2) is 6.20 Å². The van der Waals surface area contributed by atoms with Crippen LogP contribution in [0.3, 0.4) is 0 Å². The van der Waals surface area contributed by atoms with Crippen LogP contribution in [-0.2, 0) is 6.61 Å². The Bertz CT molecular complexity index is 381. The number of piperazine rings is 1.